The molecule has 59 heavy (non-hydrogen) atoms. The second kappa shape index (κ2) is 23.0. The summed E-state index contributed by atoms with van der Waals surface area (Å²) in [5.74, 6) is -0.0769. The lowest BCUT2D eigenvalue weighted by atomic mass is 10.0. The Kier molecular flexibility index (Phi) is 19.1. The first kappa shape index (κ1) is 49.1. The van der Waals surface area contributed by atoms with E-state index in [-0.39, 0.29) is 73.4 Å². The highest BCUT2D eigenvalue weighted by Gasteiger charge is 2.44. The monoisotopic (exact) mass is 983 g/mol. The number of aliphatic hydroxyl groups is 1. The van der Waals surface area contributed by atoms with E-state index in [0.29, 0.717) is 43.2 Å². The van der Waals surface area contributed by atoms with Crippen LogP contribution < -0.4 is 14.8 Å². The Hall–Kier alpha value is -2.59. The molecule has 332 valence electrons. The van der Waals surface area contributed by atoms with E-state index < -0.39 is 66.7 Å². The van der Waals surface area contributed by atoms with Crippen molar-refractivity contribution >= 4 is 53.7 Å². The molecule has 2 unspecified atom stereocenters. The van der Waals surface area contributed by atoms with Crippen molar-refractivity contribution in [3.05, 3.63) is 54.1 Å². The molecule has 5 rings (SSSR count). The molecule has 3 aliphatic rings. The van der Waals surface area contributed by atoms with E-state index in [9.17, 15) is 27.7 Å². The zero-order valence-electron chi connectivity index (χ0n) is 34.3. The molecule has 0 saturated carbocycles. The number of ether oxygens (including phenoxy) is 6. The van der Waals surface area contributed by atoms with Gasteiger partial charge in [-0.25, -0.2) is 22.6 Å². The number of piperidine rings is 1. The lowest BCUT2D eigenvalue weighted by Crippen LogP contribution is -2.51. The highest BCUT2D eigenvalue weighted by atomic mass is 127. The zero-order chi connectivity index (χ0) is 41.9. The summed E-state index contributed by atoms with van der Waals surface area (Å²) in [5.41, 5.74) is 0.651. The largest absolute Gasteiger partial charge is 0.497 e. The van der Waals surface area contributed by atoms with Crippen molar-refractivity contribution in [3.8, 4) is 11.5 Å². The summed E-state index contributed by atoms with van der Waals surface area (Å²) in [5, 5.41) is 16.1. The average molecular weight is 984 g/mol. The zero-order valence-corrected chi connectivity index (χ0v) is 38.3. The summed E-state index contributed by atoms with van der Waals surface area (Å²) in [6.45, 7) is 8.51. The molecule has 0 radical (unpaired) electrons. The van der Waals surface area contributed by atoms with Crippen LogP contribution in [0.4, 0.5) is 4.79 Å². The van der Waals surface area contributed by atoms with E-state index in [1.54, 1.807) is 48.4 Å². The third kappa shape index (κ3) is 14.2. The van der Waals surface area contributed by atoms with Crippen molar-refractivity contribution in [3.63, 3.8) is 0 Å². The maximum atomic E-state index is 13.9. The lowest BCUT2D eigenvalue weighted by molar-refractivity contribution is -0.152. The molecule has 0 bridgehead atoms. The van der Waals surface area contributed by atoms with Crippen LogP contribution in [0.15, 0.2) is 53.4 Å². The van der Waals surface area contributed by atoms with Crippen molar-refractivity contribution in [1.82, 2.24) is 14.7 Å². The van der Waals surface area contributed by atoms with Crippen LogP contribution in [0, 0.1) is 11.8 Å². The summed E-state index contributed by atoms with van der Waals surface area (Å²) in [4.78, 5) is 25.7. The van der Waals surface area contributed by atoms with Crippen LogP contribution >= 0.6 is 31.6 Å². The molecule has 17 nitrogen and oxygen atoms in total. The number of nitrogens with one attached hydrogen (secondary N) is 1. The van der Waals surface area contributed by atoms with Crippen molar-refractivity contribution in [2.75, 3.05) is 59.5 Å². The molecule has 3 fully saturated rings. The number of benzene rings is 2. The number of esters is 1. The SMILES string of the molecule is CCOC(=O)C(C)OP(=O)(COc1ccc(C[C@H](NC(=O)O[C@H]2CO[C@H]3OCC[C@H]32)[C@H](O)CN(CC(C)C)S(=O)(=O)c2ccc(OC)cc2)cc1)ON1CCCCC1.I. The van der Waals surface area contributed by atoms with E-state index in [1.807, 2.05) is 13.8 Å². The van der Waals surface area contributed by atoms with Crippen molar-refractivity contribution in [1.29, 1.82) is 0 Å². The first-order valence-electron chi connectivity index (χ1n) is 19.8. The van der Waals surface area contributed by atoms with Gasteiger partial charge in [-0.05, 0) is 87.4 Å². The topological polar surface area (TPSA) is 198 Å². The number of aliphatic hydroxyl groups excluding tert-OH is 1. The molecule has 3 saturated heterocycles. The summed E-state index contributed by atoms with van der Waals surface area (Å²) in [6.07, 6.45) is -1.34. The van der Waals surface area contributed by atoms with Crippen LogP contribution in [0.1, 0.15) is 58.9 Å². The number of hydroxylamine groups is 2. The smallest absolute Gasteiger partial charge is 0.407 e. The van der Waals surface area contributed by atoms with Crippen LogP contribution in [-0.4, -0.2) is 125 Å². The third-order valence-electron chi connectivity index (χ3n) is 9.93. The van der Waals surface area contributed by atoms with E-state index in [4.69, 9.17) is 37.6 Å². The number of fused-ring (bicyclic) bond motifs is 1. The van der Waals surface area contributed by atoms with E-state index in [2.05, 4.69) is 5.32 Å². The number of rotatable bonds is 21. The minimum Gasteiger partial charge on any atom is -0.497 e. The Morgan fingerprint density at radius 3 is 2.32 bits per heavy atom. The number of alkyl carbamates (subject to hydrolysis) is 1. The van der Waals surface area contributed by atoms with E-state index in [1.165, 1.54) is 30.5 Å². The number of sulfonamides is 1. The number of hydrogen-bond donors (Lipinski definition) is 2. The predicted octanol–water partition coefficient (Wildman–Crippen LogP) is 5.33. The number of carbonyl (C=O) groups excluding carboxylic acids is 2. The van der Waals surface area contributed by atoms with Crippen LogP contribution in [-0.2, 0) is 53.9 Å². The second-order valence-corrected chi connectivity index (χ2v) is 18.8. The summed E-state index contributed by atoms with van der Waals surface area (Å²) in [6, 6.07) is 11.6. The molecule has 20 heteroatoms. The van der Waals surface area contributed by atoms with Crippen molar-refractivity contribution in [2.24, 2.45) is 11.8 Å². The molecule has 0 aromatic heterocycles. The van der Waals surface area contributed by atoms with Gasteiger partial charge < -0.3 is 38.8 Å². The summed E-state index contributed by atoms with van der Waals surface area (Å²) in [7, 11) is -6.59. The highest BCUT2D eigenvalue weighted by Crippen LogP contribution is 2.50. The molecular weight excluding hydrogens is 924 g/mol. The fraction of sp³-hybridized carbons (Fsp3) is 0.641. The first-order chi connectivity index (χ1) is 27.7. The standard InChI is InChI=1S/C39H58N3O14PS.HI/c1-6-50-37(44)28(4)55-57(46,56-41-19-8-7-9-20-41)26-53-31-12-10-29(11-13-31)22-34(40-39(45)54-36-25-52-38-33(36)18-21-51-38)35(43)24-42(23-27(2)3)58(47,48)32-16-14-30(49-5)15-17-32;/h10-17,27-28,33-36,38,43H,6-9,18-26H2,1-5H3,(H,40,45);1H/t28?,33-,34-,35+,36-,38+,57?;/m0./s1. The Balaban J connectivity index is 0.00000769. The van der Waals surface area contributed by atoms with Gasteiger partial charge in [0.05, 0.1) is 49.9 Å². The van der Waals surface area contributed by atoms with Crippen molar-refractivity contribution in [2.45, 2.75) is 95.3 Å². The van der Waals surface area contributed by atoms with E-state index >= 15 is 0 Å². The highest BCUT2D eigenvalue weighted by molar-refractivity contribution is 14.0. The van der Waals surface area contributed by atoms with Gasteiger partial charge >= 0.3 is 19.7 Å². The number of hydrogen-bond acceptors (Lipinski definition) is 15. The molecule has 1 amide bonds. The van der Waals surface area contributed by atoms with Gasteiger partial charge in [0, 0.05) is 26.2 Å². The van der Waals surface area contributed by atoms with Crippen LogP contribution in [0.2, 0.25) is 0 Å². The van der Waals surface area contributed by atoms with Gasteiger partial charge in [-0.2, -0.15) is 9.37 Å². The molecule has 0 spiro atoms. The molecule has 2 aromatic carbocycles. The maximum Gasteiger partial charge on any atom is 0.407 e. The number of carbonyl (C=O) groups is 2. The average Bonchev–Trinajstić information content (AvgIpc) is 3.82. The van der Waals surface area contributed by atoms with Gasteiger partial charge in [0.1, 0.15) is 17.6 Å². The first-order valence-corrected chi connectivity index (χ1v) is 23.0. The number of amides is 1. The molecule has 2 aromatic rings. The van der Waals surface area contributed by atoms with Gasteiger partial charge in [0.25, 0.3) is 0 Å². The molecule has 3 heterocycles. The Labute approximate surface area is 364 Å². The molecule has 2 N–H and O–H groups in total. The molecule has 0 aliphatic carbocycles. The predicted molar refractivity (Wildman–Crippen MR) is 226 cm³/mol. The van der Waals surface area contributed by atoms with Gasteiger partial charge in [0.15, 0.2) is 18.7 Å². The van der Waals surface area contributed by atoms with Crippen LogP contribution in [0.5, 0.6) is 11.5 Å². The van der Waals surface area contributed by atoms with Gasteiger partial charge in [0.2, 0.25) is 10.0 Å². The minimum absolute atomic E-state index is 0. The number of methoxy groups -OCH3 is 1. The van der Waals surface area contributed by atoms with Gasteiger partial charge in [-0.3, -0.25) is 9.09 Å². The molecular formula is C39H59IN3O14PS. The summed E-state index contributed by atoms with van der Waals surface area (Å²) < 4.78 is 87.4. The second-order valence-electron chi connectivity index (χ2n) is 15.0. The van der Waals surface area contributed by atoms with Crippen LogP contribution in [0.3, 0.4) is 0 Å². The minimum atomic E-state index is -4.07. The van der Waals surface area contributed by atoms with Gasteiger partial charge in [-0.1, -0.05) is 32.4 Å². The number of halogens is 1. The Morgan fingerprint density at radius 2 is 1.68 bits per heavy atom. The normalized spacial score (nSPS) is 22.1. The molecule has 7 atom stereocenters. The van der Waals surface area contributed by atoms with Gasteiger partial charge in [-0.15, -0.1) is 24.0 Å². The third-order valence-corrected chi connectivity index (χ3v) is 13.3. The Morgan fingerprint density at radius 1 is 1.00 bits per heavy atom. The Bertz CT molecular complexity index is 1790. The maximum absolute atomic E-state index is 13.9. The summed E-state index contributed by atoms with van der Waals surface area (Å²) >= 11 is 0. The fourth-order valence-electron chi connectivity index (χ4n) is 6.93. The fourth-order valence-corrected chi connectivity index (χ4v) is 10.1. The van der Waals surface area contributed by atoms with Crippen LogP contribution in [0.25, 0.3) is 0 Å². The lowest BCUT2D eigenvalue weighted by Gasteiger charge is -2.31. The van der Waals surface area contributed by atoms with Crippen molar-refractivity contribution < 1.29 is 65.2 Å². The number of nitrogens with zero attached hydrogens (tertiary/aromatic N) is 2. The molecule has 3 aliphatic heterocycles. The van der Waals surface area contributed by atoms with E-state index in [0.717, 1.165) is 19.3 Å². The quantitative estimate of drug-likeness (QED) is 0.0924.